The molecule has 1 aromatic heterocycles. The molecule has 0 aliphatic heterocycles. The van der Waals surface area contributed by atoms with E-state index < -0.39 is 0 Å². The van der Waals surface area contributed by atoms with Crippen LogP contribution < -0.4 is 0 Å². The van der Waals surface area contributed by atoms with Gasteiger partial charge in [0.2, 0.25) is 0 Å². The van der Waals surface area contributed by atoms with Gasteiger partial charge in [-0.1, -0.05) is 37.6 Å². The van der Waals surface area contributed by atoms with Gasteiger partial charge in [0.15, 0.2) is 10.8 Å². The highest BCUT2D eigenvalue weighted by Gasteiger charge is 2.07. The fourth-order valence-corrected chi connectivity index (χ4v) is 2.52. The van der Waals surface area contributed by atoms with Crippen LogP contribution in [0.5, 0.6) is 0 Å². The predicted octanol–water partition coefficient (Wildman–Crippen LogP) is 4.36. The van der Waals surface area contributed by atoms with Gasteiger partial charge in [0.25, 0.3) is 0 Å². The van der Waals surface area contributed by atoms with Crippen molar-refractivity contribution in [2.24, 2.45) is 0 Å². The number of rotatable bonds is 5. The molecule has 0 unspecified atom stereocenters. The van der Waals surface area contributed by atoms with Gasteiger partial charge >= 0.3 is 0 Å². The van der Waals surface area contributed by atoms with Crippen LogP contribution >= 0.6 is 11.3 Å². The highest BCUT2D eigenvalue weighted by molar-refractivity contribution is 7.12. The Morgan fingerprint density at radius 3 is 2.56 bits per heavy atom. The topological polar surface area (TPSA) is 30.0 Å². The zero-order valence-electron chi connectivity index (χ0n) is 10.8. The van der Waals surface area contributed by atoms with Crippen LogP contribution in [0.15, 0.2) is 29.6 Å². The van der Waals surface area contributed by atoms with E-state index in [4.69, 9.17) is 0 Å². The van der Waals surface area contributed by atoms with Crippen molar-refractivity contribution in [1.29, 1.82) is 0 Å². The first kappa shape index (κ1) is 13.0. The summed E-state index contributed by atoms with van der Waals surface area (Å²) in [6, 6.07) is 8.48. The van der Waals surface area contributed by atoms with Gasteiger partial charge in [-0.15, -0.1) is 11.3 Å². The van der Waals surface area contributed by atoms with Gasteiger partial charge in [-0.3, -0.25) is 4.79 Å². The normalized spacial score (nSPS) is 10.6. The fourth-order valence-electron chi connectivity index (χ4n) is 1.79. The quantitative estimate of drug-likeness (QED) is 0.747. The Morgan fingerprint density at radius 2 is 2.00 bits per heavy atom. The van der Waals surface area contributed by atoms with Gasteiger partial charge in [-0.2, -0.15) is 0 Å². The van der Waals surface area contributed by atoms with E-state index in [2.05, 4.69) is 36.2 Å². The zero-order chi connectivity index (χ0) is 13.0. The van der Waals surface area contributed by atoms with E-state index in [1.165, 1.54) is 29.7 Å². The van der Waals surface area contributed by atoms with Crippen molar-refractivity contribution >= 4 is 17.1 Å². The summed E-state index contributed by atoms with van der Waals surface area (Å²) in [6.07, 6.45) is 3.58. The number of carbonyl (C=O) groups excluding carboxylic acids is 1. The molecule has 0 amide bonds. The third-order valence-electron chi connectivity index (χ3n) is 2.87. The molecule has 1 heterocycles. The molecule has 3 heteroatoms. The number of benzene rings is 1. The number of thiazole rings is 1. The molecule has 2 nitrogen and oxygen atoms in total. The minimum atomic E-state index is 0.0332. The number of Topliss-reactive ketones (excluding diaryl/α,β-unsaturated/α-hetero) is 1. The SMILES string of the molecule is CCCCc1ccc(-c2csc(C(C)=O)n2)cc1. The van der Waals surface area contributed by atoms with Crippen molar-refractivity contribution in [1.82, 2.24) is 4.98 Å². The predicted molar refractivity (Wildman–Crippen MR) is 76.2 cm³/mol. The molecule has 0 saturated carbocycles. The van der Waals surface area contributed by atoms with E-state index in [-0.39, 0.29) is 5.78 Å². The molecule has 0 atom stereocenters. The minimum Gasteiger partial charge on any atom is -0.292 e. The summed E-state index contributed by atoms with van der Waals surface area (Å²) >= 11 is 1.41. The molecule has 0 bridgehead atoms. The Morgan fingerprint density at radius 1 is 1.28 bits per heavy atom. The molecule has 0 N–H and O–H groups in total. The lowest BCUT2D eigenvalue weighted by Gasteiger charge is -2.01. The van der Waals surface area contributed by atoms with Crippen LogP contribution in [0, 0.1) is 0 Å². The maximum absolute atomic E-state index is 11.2. The molecule has 0 spiro atoms. The maximum atomic E-state index is 11.2. The Bertz CT molecular complexity index is 528. The Balaban J connectivity index is 2.15. The van der Waals surface area contributed by atoms with Gasteiger partial charge in [0, 0.05) is 17.9 Å². The lowest BCUT2D eigenvalue weighted by molar-refractivity contribution is 0.101. The highest BCUT2D eigenvalue weighted by Crippen LogP contribution is 2.22. The minimum absolute atomic E-state index is 0.0332. The van der Waals surface area contributed by atoms with Gasteiger partial charge in [-0.25, -0.2) is 4.98 Å². The molecule has 2 aromatic rings. The van der Waals surface area contributed by atoms with Gasteiger partial charge < -0.3 is 0 Å². The van der Waals surface area contributed by atoms with Crippen molar-refractivity contribution in [3.63, 3.8) is 0 Å². The van der Waals surface area contributed by atoms with Crippen LogP contribution in [-0.4, -0.2) is 10.8 Å². The van der Waals surface area contributed by atoms with E-state index in [0.717, 1.165) is 17.7 Å². The van der Waals surface area contributed by atoms with E-state index in [0.29, 0.717) is 5.01 Å². The van der Waals surface area contributed by atoms with E-state index in [1.807, 2.05) is 5.38 Å². The van der Waals surface area contributed by atoms with Crippen LogP contribution in [-0.2, 0) is 6.42 Å². The average molecular weight is 259 g/mol. The number of unbranched alkanes of at least 4 members (excludes halogenated alkanes) is 1. The summed E-state index contributed by atoms with van der Waals surface area (Å²) in [4.78, 5) is 15.6. The summed E-state index contributed by atoms with van der Waals surface area (Å²) < 4.78 is 0. The smallest absolute Gasteiger partial charge is 0.188 e. The third kappa shape index (κ3) is 3.05. The van der Waals surface area contributed by atoms with Gasteiger partial charge in [-0.05, 0) is 18.4 Å². The molecule has 1 aromatic carbocycles. The van der Waals surface area contributed by atoms with Crippen LogP contribution in [0.25, 0.3) is 11.3 Å². The van der Waals surface area contributed by atoms with E-state index >= 15 is 0 Å². The first-order valence-electron chi connectivity index (χ1n) is 6.26. The number of hydrogen-bond acceptors (Lipinski definition) is 3. The lowest BCUT2D eigenvalue weighted by Crippen LogP contribution is -1.90. The molecule has 94 valence electrons. The Hall–Kier alpha value is -1.48. The summed E-state index contributed by atoms with van der Waals surface area (Å²) in [5, 5.41) is 2.53. The molecule has 0 saturated heterocycles. The summed E-state index contributed by atoms with van der Waals surface area (Å²) in [5.74, 6) is 0.0332. The number of ketones is 1. The number of aromatic nitrogens is 1. The lowest BCUT2D eigenvalue weighted by atomic mass is 10.1. The van der Waals surface area contributed by atoms with Crippen molar-refractivity contribution in [2.75, 3.05) is 0 Å². The number of carbonyl (C=O) groups is 1. The Kier molecular flexibility index (Phi) is 4.26. The highest BCUT2D eigenvalue weighted by atomic mass is 32.1. The monoisotopic (exact) mass is 259 g/mol. The fraction of sp³-hybridized carbons (Fsp3) is 0.333. The molecule has 18 heavy (non-hydrogen) atoms. The van der Waals surface area contributed by atoms with Crippen molar-refractivity contribution in [3.8, 4) is 11.3 Å². The van der Waals surface area contributed by atoms with Crippen LogP contribution in [0.1, 0.15) is 42.1 Å². The second-order valence-electron chi connectivity index (χ2n) is 4.39. The average Bonchev–Trinajstić information content (AvgIpc) is 2.87. The van der Waals surface area contributed by atoms with Crippen molar-refractivity contribution < 1.29 is 4.79 Å². The molecule has 0 fully saturated rings. The molecular weight excluding hydrogens is 242 g/mol. The van der Waals surface area contributed by atoms with Crippen LogP contribution in [0.4, 0.5) is 0 Å². The molecular formula is C15H17NOS. The molecule has 2 rings (SSSR count). The van der Waals surface area contributed by atoms with Crippen molar-refractivity contribution in [2.45, 2.75) is 33.1 Å². The van der Waals surface area contributed by atoms with Crippen LogP contribution in [0.3, 0.4) is 0 Å². The second-order valence-corrected chi connectivity index (χ2v) is 5.25. The Labute approximate surface area is 112 Å². The second kappa shape index (κ2) is 5.91. The molecule has 0 aliphatic carbocycles. The number of hydrogen-bond donors (Lipinski definition) is 0. The molecule has 0 radical (unpaired) electrons. The molecule has 0 aliphatic rings. The van der Waals surface area contributed by atoms with Gasteiger partial charge in [0.05, 0.1) is 5.69 Å². The summed E-state index contributed by atoms with van der Waals surface area (Å²) in [7, 11) is 0. The van der Waals surface area contributed by atoms with E-state index in [1.54, 1.807) is 6.92 Å². The van der Waals surface area contributed by atoms with E-state index in [9.17, 15) is 4.79 Å². The third-order valence-corrected chi connectivity index (χ3v) is 3.82. The number of aryl methyl sites for hydroxylation is 1. The standard InChI is InChI=1S/C15H17NOS/c1-3-4-5-12-6-8-13(9-7-12)14-10-18-15(16-14)11(2)17/h6-10H,3-5H2,1-2H3. The van der Waals surface area contributed by atoms with Crippen LogP contribution in [0.2, 0.25) is 0 Å². The first-order valence-corrected chi connectivity index (χ1v) is 7.14. The van der Waals surface area contributed by atoms with Crippen molar-refractivity contribution in [3.05, 3.63) is 40.2 Å². The summed E-state index contributed by atoms with van der Waals surface area (Å²) in [6.45, 7) is 3.75. The first-order chi connectivity index (χ1) is 8.70. The van der Waals surface area contributed by atoms with Gasteiger partial charge in [0.1, 0.15) is 0 Å². The zero-order valence-corrected chi connectivity index (χ0v) is 11.6. The number of nitrogens with zero attached hydrogens (tertiary/aromatic N) is 1. The largest absolute Gasteiger partial charge is 0.292 e. The maximum Gasteiger partial charge on any atom is 0.188 e. The summed E-state index contributed by atoms with van der Waals surface area (Å²) in [5.41, 5.74) is 3.34.